The second-order valence-corrected chi connectivity index (χ2v) is 8.51. The predicted octanol–water partition coefficient (Wildman–Crippen LogP) is 5.48. The molecule has 1 aromatic carbocycles. The Hall–Kier alpha value is -1.88. The zero-order chi connectivity index (χ0) is 19.7. The van der Waals surface area contributed by atoms with Gasteiger partial charge in [0.1, 0.15) is 5.69 Å². The molecule has 0 unspecified atom stereocenters. The number of halogens is 2. The molecule has 0 saturated carbocycles. The highest BCUT2D eigenvalue weighted by molar-refractivity contribution is 6.34. The summed E-state index contributed by atoms with van der Waals surface area (Å²) < 4.78 is 2.07. The summed E-state index contributed by atoms with van der Waals surface area (Å²) >= 11 is 12.3. The van der Waals surface area contributed by atoms with Gasteiger partial charge in [-0.1, -0.05) is 23.2 Å². The van der Waals surface area contributed by atoms with Crippen LogP contribution in [-0.4, -0.2) is 32.5 Å². The van der Waals surface area contributed by atoms with E-state index >= 15 is 0 Å². The van der Waals surface area contributed by atoms with Gasteiger partial charge in [0.25, 0.3) is 0 Å². The van der Waals surface area contributed by atoms with E-state index < -0.39 is 0 Å². The van der Waals surface area contributed by atoms with E-state index in [0.717, 1.165) is 59.7 Å². The van der Waals surface area contributed by atoms with E-state index in [4.69, 9.17) is 28.2 Å². The van der Waals surface area contributed by atoms with Gasteiger partial charge >= 0.3 is 0 Å². The number of pyridine rings is 1. The van der Waals surface area contributed by atoms with Gasteiger partial charge < -0.3 is 4.57 Å². The van der Waals surface area contributed by atoms with Crippen molar-refractivity contribution in [2.45, 2.75) is 32.2 Å². The van der Waals surface area contributed by atoms with Gasteiger partial charge in [-0.25, -0.2) is 4.98 Å². The van der Waals surface area contributed by atoms with Crippen LogP contribution in [0.1, 0.15) is 35.6 Å². The number of piperidine rings is 1. The van der Waals surface area contributed by atoms with E-state index in [1.807, 2.05) is 31.4 Å². The summed E-state index contributed by atoms with van der Waals surface area (Å²) in [5.74, 6) is 1.44. The van der Waals surface area contributed by atoms with Gasteiger partial charge in [-0.2, -0.15) is 0 Å². The molecule has 0 N–H and O–H groups in total. The Morgan fingerprint density at radius 1 is 1.07 bits per heavy atom. The van der Waals surface area contributed by atoms with E-state index in [2.05, 4.69) is 33.6 Å². The number of hydrogen-bond acceptors (Lipinski definition) is 3. The molecule has 1 fully saturated rings. The van der Waals surface area contributed by atoms with Crippen LogP contribution in [-0.2, 0) is 13.6 Å². The van der Waals surface area contributed by atoms with E-state index in [1.54, 1.807) is 6.07 Å². The van der Waals surface area contributed by atoms with Gasteiger partial charge in [0, 0.05) is 36.0 Å². The van der Waals surface area contributed by atoms with Crippen LogP contribution in [0.5, 0.6) is 0 Å². The number of imidazole rings is 1. The maximum absolute atomic E-state index is 6.17. The number of aryl methyl sites for hydroxylation is 2. The zero-order valence-electron chi connectivity index (χ0n) is 16.2. The lowest BCUT2D eigenvalue weighted by Crippen LogP contribution is -2.32. The first kappa shape index (κ1) is 19.4. The van der Waals surface area contributed by atoms with Crippen LogP contribution in [0, 0.1) is 6.92 Å². The van der Waals surface area contributed by atoms with Crippen molar-refractivity contribution in [3.05, 3.63) is 69.6 Å². The summed E-state index contributed by atoms with van der Waals surface area (Å²) in [6.07, 6.45) is 6.17. The van der Waals surface area contributed by atoms with Crippen LogP contribution < -0.4 is 0 Å². The Morgan fingerprint density at radius 2 is 1.79 bits per heavy atom. The zero-order valence-corrected chi connectivity index (χ0v) is 17.7. The molecule has 3 heterocycles. The smallest absolute Gasteiger partial charge is 0.158 e. The second kappa shape index (κ2) is 8.24. The first-order valence-corrected chi connectivity index (χ1v) is 10.4. The molecule has 146 valence electrons. The minimum Gasteiger partial charge on any atom is -0.332 e. The second-order valence-electron chi connectivity index (χ2n) is 7.64. The molecule has 3 aromatic rings. The molecule has 4 nitrogen and oxygen atoms in total. The van der Waals surface area contributed by atoms with Gasteiger partial charge in [0.15, 0.2) is 5.82 Å². The van der Waals surface area contributed by atoms with Crippen molar-refractivity contribution in [3.63, 3.8) is 0 Å². The normalized spacial score (nSPS) is 15.9. The van der Waals surface area contributed by atoms with Crippen LogP contribution in [0.4, 0.5) is 0 Å². The Kier molecular flexibility index (Phi) is 5.72. The fourth-order valence-corrected chi connectivity index (χ4v) is 4.51. The lowest BCUT2D eigenvalue weighted by Gasteiger charge is -2.31. The summed E-state index contributed by atoms with van der Waals surface area (Å²) in [7, 11) is 2.03. The van der Waals surface area contributed by atoms with Crippen LogP contribution in [0.15, 0.2) is 42.7 Å². The van der Waals surface area contributed by atoms with Gasteiger partial charge in [-0.05, 0) is 80.2 Å². The average molecular weight is 415 g/mol. The van der Waals surface area contributed by atoms with Crippen molar-refractivity contribution in [3.8, 4) is 11.5 Å². The lowest BCUT2D eigenvalue weighted by atomic mass is 9.89. The van der Waals surface area contributed by atoms with Crippen molar-refractivity contribution < 1.29 is 0 Å². The first-order valence-electron chi connectivity index (χ1n) is 9.61. The summed E-state index contributed by atoms with van der Waals surface area (Å²) in [4.78, 5) is 11.8. The highest BCUT2D eigenvalue weighted by Crippen LogP contribution is 2.32. The van der Waals surface area contributed by atoms with E-state index in [0.29, 0.717) is 5.92 Å². The molecular weight excluding hydrogens is 391 g/mol. The first-order chi connectivity index (χ1) is 13.5. The van der Waals surface area contributed by atoms with Crippen molar-refractivity contribution in [1.29, 1.82) is 0 Å². The molecular formula is C22H24Cl2N4. The predicted molar refractivity (Wildman–Crippen MR) is 115 cm³/mol. The largest absolute Gasteiger partial charge is 0.332 e. The van der Waals surface area contributed by atoms with Gasteiger partial charge in [0.2, 0.25) is 0 Å². The summed E-state index contributed by atoms with van der Waals surface area (Å²) in [6, 6.07) is 9.98. The van der Waals surface area contributed by atoms with E-state index in [-0.39, 0.29) is 0 Å². The third-order valence-electron chi connectivity index (χ3n) is 5.40. The van der Waals surface area contributed by atoms with Crippen molar-refractivity contribution >= 4 is 23.2 Å². The topological polar surface area (TPSA) is 34.0 Å². The number of hydrogen-bond donors (Lipinski definition) is 0. The third kappa shape index (κ3) is 4.40. The highest BCUT2D eigenvalue weighted by atomic mass is 35.5. The minimum atomic E-state index is 0.517. The van der Waals surface area contributed by atoms with Crippen LogP contribution >= 0.6 is 23.2 Å². The number of benzene rings is 1. The number of nitrogens with zero attached hydrogens (tertiary/aromatic N) is 4. The maximum Gasteiger partial charge on any atom is 0.158 e. The Labute approximate surface area is 176 Å². The molecule has 0 spiro atoms. The minimum absolute atomic E-state index is 0.517. The summed E-state index contributed by atoms with van der Waals surface area (Å²) in [5.41, 5.74) is 4.45. The van der Waals surface area contributed by atoms with Crippen molar-refractivity contribution in [2.75, 3.05) is 13.1 Å². The fourth-order valence-electron chi connectivity index (χ4n) is 3.97. The van der Waals surface area contributed by atoms with E-state index in [1.165, 1.54) is 11.1 Å². The van der Waals surface area contributed by atoms with Crippen LogP contribution in [0.3, 0.4) is 0 Å². The molecule has 1 aliphatic heterocycles. The Morgan fingerprint density at radius 3 is 2.46 bits per heavy atom. The van der Waals surface area contributed by atoms with Gasteiger partial charge in [-0.15, -0.1) is 0 Å². The van der Waals surface area contributed by atoms with Gasteiger partial charge in [-0.3, -0.25) is 9.88 Å². The SMILES string of the molecule is Cc1ccnc(-c2nc(CN3CCC(c4cc(Cl)cc(Cl)c4)CC3)cn2C)c1. The van der Waals surface area contributed by atoms with Crippen LogP contribution in [0.2, 0.25) is 10.0 Å². The number of aromatic nitrogens is 3. The standard InChI is InChI=1S/C22H24Cl2N4/c1-15-3-6-25-21(9-15)22-26-20(13-27(22)2)14-28-7-4-16(5-8-28)17-10-18(23)12-19(24)11-17/h3,6,9-13,16H,4-5,7-8,14H2,1-2H3. The number of rotatable bonds is 4. The van der Waals surface area contributed by atoms with Crippen molar-refractivity contribution in [1.82, 2.24) is 19.4 Å². The Balaban J connectivity index is 1.41. The lowest BCUT2D eigenvalue weighted by molar-refractivity contribution is 0.203. The molecule has 4 rings (SSSR count). The Bertz CT molecular complexity index is 954. The summed E-state index contributed by atoms with van der Waals surface area (Å²) in [6.45, 7) is 5.03. The third-order valence-corrected chi connectivity index (χ3v) is 5.84. The molecule has 0 bridgehead atoms. The molecule has 2 aromatic heterocycles. The summed E-state index contributed by atoms with van der Waals surface area (Å²) in [5, 5.41) is 1.44. The maximum atomic E-state index is 6.17. The fraction of sp³-hybridized carbons (Fsp3) is 0.364. The molecule has 0 amide bonds. The molecule has 1 aliphatic rings. The number of likely N-dealkylation sites (tertiary alicyclic amines) is 1. The molecule has 0 atom stereocenters. The molecule has 1 saturated heterocycles. The van der Waals surface area contributed by atoms with Crippen molar-refractivity contribution in [2.24, 2.45) is 7.05 Å². The monoisotopic (exact) mass is 414 g/mol. The quantitative estimate of drug-likeness (QED) is 0.566. The van der Waals surface area contributed by atoms with Crippen LogP contribution in [0.25, 0.3) is 11.5 Å². The highest BCUT2D eigenvalue weighted by Gasteiger charge is 2.22. The average Bonchev–Trinajstić information content (AvgIpc) is 3.02. The molecule has 6 heteroatoms. The molecule has 0 radical (unpaired) electrons. The van der Waals surface area contributed by atoms with Gasteiger partial charge in [0.05, 0.1) is 5.69 Å². The molecule has 0 aliphatic carbocycles. The van der Waals surface area contributed by atoms with E-state index in [9.17, 15) is 0 Å². The molecule has 28 heavy (non-hydrogen) atoms.